The smallest absolute Gasteiger partial charge is 0.240 e. The van der Waals surface area contributed by atoms with E-state index in [4.69, 9.17) is 15.0 Å². The van der Waals surface area contributed by atoms with Crippen LogP contribution in [0, 0.1) is 0 Å². The zero-order valence-corrected chi connectivity index (χ0v) is 34.3. The molecule has 9 aromatic carbocycles. The third-order valence-electron chi connectivity index (χ3n) is 13.1. The molecule has 14 rings (SSSR count). The maximum Gasteiger partial charge on any atom is 0.240 e. The fraction of sp³-hybridized carbons (Fsp3) is 0. The number of hydrogen-bond acceptors (Lipinski definition) is 3. The Morgan fingerprint density at radius 3 is 1.02 bits per heavy atom. The van der Waals surface area contributed by atoms with Crippen molar-refractivity contribution in [2.24, 2.45) is 0 Å². The maximum absolute atomic E-state index is 5.46. The van der Waals surface area contributed by atoms with Crippen LogP contribution in [0.3, 0.4) is 0 Å². The van der Waals surface area contributed by atoms with Crippen LogP contribution >= 0.6 is 0 Å². The Morgan fingerprint density at radius 2 is 0.578 bits per heavy atom. The molecule has 0 amide bonds. The molecule has 0 radical (unpaired) electrons. The van der Waals surface area contributed by atoms with Gasteiger partial charge in [0.05, 0.1) is 49.8 Å². The quantitative estimate of drug-likeness (QED) is 0.174. The number of rotatable bonds is 5. The third kappa shape index (κ3) is 4.89. The van der Waals surface area contributed by atoms with Gasteiger partial charge in [0.1, 0.15) is 0 Å². The fourth-order valence-electron chi connectivity index (χ4n) is 10.4. The average Bonchev–Trinajstić information content (AvgIpc) is 4.09. The minimum Gasteiger partial charge on any atom is -0.309 e. The molecule has 0 aliphatic rings. The van der Waals surface area contributed by atoms with Gasteiger partial charge >= 0.3 is 0 Å². The largest absolute Gasteiger partial charge is 0.309 e. The summed E-state index contributed by atoms with van der Waals surface area (Å²) in [5.74, 6) is 1.67. The molecule has 7 heteroatoms. The van der Waals surface area contributed by atoms with Gasteiger partial charge in [0.25, 0.3) is 0 Å². The molecule has 64 heavy (non-hydrogen) atoms. The van der Waals surface area contributed by atoms with Crippen LogP contribution in [0.4, 0.5) is 0 Å². The Bertz CT molecular complexity index is 3930. The highest BCUT2D eigenvalue weighted by atomic mass is 15.3. The lowest BCUT2D eigenvalue weighted by molar-refractivity contribution is 0.892. The molecular weight excluding hydrogens is 783 g/mol. The van der Waals surface area contributed by atoms with Crippen LogP contribution in [0.1, 0.15) is 0 Å². The van der Waals surface area contributed by atoms with Crippen molar-refractivity contribution in [2.45, 2.75) is 0 Å². The monoisotopic (exact) mass is 817 g/mol. The summed E-state index contributed by atoms with van der Waals surface area (Å²) in [6.07, 6.45) is 0. The molecule has 0 bridgehead atoms. The van der Waals surface area contributed by atoms with E-state index in [1.165, 1.54) is 27.2 Å². The van der Waals surface area contributed by atoms with Gasteiger partial charge in [-0.1, -0.05) is 140 Å². The standard InChI is InChI=1S/C57H35N7/c1-9-25-46-37(17-1)38-18-2-10-26-47(38)61(46)36-33-34-54-45(35-36)43-23-7-11-27-48(43)62(54)53-32-16-8-24-44(53)55-58-56(63-49-28-12-3-19-39(49)40-20-4-13-29-50(40)63)60-57(59-55)64-51-30-14-5-21-41(51)42-22-6-15-31-52(42)64/h1-35H. The van der Waals surface area contributed by atoms with E-state index in [0.29, 0.717) is 17.7 Å². The van der Waals surface area contributed by atoms with Gasteiger partial charge in [0.15, 0.2) is 5.82 Å². The summed E-state index contributed by atoms with van der Waals surface area (Å²) in [7, 11) is 0. The number of hydrogen-bond donors (Lipinski definition) is 0. The molecule has 0 spiro atoms. The van der Waals surface area contributed by atoms with Crippen molar-refractivity contribution < 1.29 is 0 Å². The topological polar surface area (TPSA) is 58.4 Å². The zero-order chi connectivity index (χ0) is 41.9. The summed E-state index contributed by atoms with van der Waals surface area (Å²) < 4.78 is 9.14. The molecule has 0 saturated carbocycles. The van der Waals surface area contributed by atoms with Gasteiger partial charge < -0.3 is 9.13 Å². The van der Waals surface area contributed by atoms with Gasteiger partial charge in [-0.15, -0.1) is 0 Å². The fourth-order valence-corrected chi connectivity index (χ4v) is 10.4. The first-order valence-electron chi connectivity index (χ1n) is 21.6. The number of benzene rings is 9. The van der Waals surface area contributed by atoms with Crippen LogP contribution < -0.4 is 0 Å². The lowest BCUT2D eigenvalue weighted by atomic mass is 10.1. The maximum atomic E-state index is 5.46. The Balaban J connectivity index is 1.05. The Labute approximate surface area is 366 Å². The lowest BCUT2D eigenvalue weighted by Crippen LogP contribution is -2.11. The highest BCUT2D eigenvalue weighted by Crippen LogP contribution is 2.40. The van der Waals surface area contributed by atoms with Crippen LogP contribution in [-0.4, -0.2) is 33.2 Å². The van der Waals surface area contributed by atoms with E-state index >= 15 is 0 Å². The first kappa shape index (κ1) is 34.9. The van der Waals surface area contributed by atoms with Crippen LogP contribution in [0.15, 0.2) is 212 Å². The average molecular weight is 818 g/mol. The molecule has 298 valence electrons. The summed E-state index contributed by atoms with van der Waals surface area (Å²) in [6, 6.07) is 75.5. The highest BCUT2D eigenvalue weighted by Gasteiger charge is 2.23. The van der Waals surface area contributed by atoms with Gasteiger partial charge in [0, 0.05) is 54.3 Å². The number of nitrogens with zero attached hydrogens (tertiary/aromatic N) is 7. The van der Waals surface area contributed by atoms with Crippen molar-refractivity contribution in [1.29, 1.82) is 0 Å². The van der Waals surface area contributed by atoms with Crippen molar-refractivity contribution in [2.75, 3.05) is 0 Å². The van der Waals surface area contributed by atoms with Crippen LogP contribution in [-0.2, 0) is 0 Å². The minimum absolute atomic E-state index is 0.548. The van der Waals surface area contributed by atoms with E-state index in [1.807, 2.05) is 0 Å². The first-order valence-corrected chi connectivity index (χ1v) is 21.6. The normalized spacial score (nSPS) is 12.1. The van der Waals surface area contributed by atoms with Crippen LogP contribution in [0.5, 0.6) is 0 Å². The van der Waals surface area contributed by atoms with E-state index in [9.17, 15) is 0 Å². The van der Waals surface area contributed by atoms with Crippen molar-refractivity contribution in [3.63, 3.8) is 0 Å². The highest BCUT2D eigenvalue weighted by molar-refractivity contribution is 6.13. The molecule has 5 aromatic heterocycles. The van der Waals surface area contributed by atoms with Crippen LogP contribution in [0.25, 0.3) is 122 Å². The number of aromatic nitrogens is 7. The summed E-state index contributed by atoms with van der Waals surface area (Å²) in [5.41, 5.74) is 11.7. The molecule has 0 fully saturated rings. The van der Waals surface area contributed by atoms with Gasteiger partial charge in [-0.05, 0) is 72.8 Å². The van der Waals surface area contributed by atoms with E-state index in [0.717, 1.165) is 77.0 Å². The molecular formula is C57H35N7. The summed E-state index contributed by atoms with van der Waals surface area (Å²) in [4.78, 5) is 16.3. The van der Waals surface area contributed by atoms with Crippen molar-refractivity contribution >= 4 is 87.2 Å². The first-order chi connectivity index (χ1) is 31.8. The Kier molecular flexibility index (Phi) is 7.27. The molecule has 0 unspecified atom stereocenters. The summed E-state index contributed by atoms with van der Waals surface area (Å²) in [6.45, 7) is 0. The zero-order valence-electron chi connectivity index (χ0n) is 34.3. The predicted octanol–water partition coefficient (Wildman–Crippen LogP) is 13.9. The van der Waals surface area contributed by atoms with Crippen LogP contribution in [0.2, 0.25) is 0 Å². The summed E-state index contributed by atoms with van der Waals surface area (Å²) >= 11 is 0. The van der Waals surface area contributed by atoms with Gasteiger partial charge in [-0.25, -0.2) is 0 Å². The predicted molar refractivity (Wildman–Crippen MR) is 263 cm³/mol. The van der Waals surface area contributed by atoms with Crippen molar-refractivity contribution in [1.82, 2.24) is 33.2 Å². The SMILES string of the molecule is c1ccc(-n2c3ccccc3c3cc(-n4c5ccccc5c5ccccc54)ccc32)c(-c2nc(-n3c4ccccc4c4ccccc43)nc(-n3c4ccccc4c4ccccc43)n2)c1. The number of fused-ring (bicyclic) bond motifs is 12. The molecule has 5 heterocycles. The molecule has 0 saturated heterocycles. The lowest BCUT2D eigenvalue weighted by Gasteiger charge is -2.16. The van der Waals surface area contributed by atoms with Gasteiger partial charge in [0.2, 0.25) is 11.9 Å². The molecule has 7 nitrogen and oxygen atoms in total. The third-order valence-corrected chi connectivity index (χ3v) is 13.1. The van der Waals surface area contributed by atoms with E-state index in [-0.39, 0.29) is 0 Å². The molecule has 14 aromatic rings. The van der Waals surface area contributed by atoms with E-state index < -0.39 is 0 Å². The molecule has 0 N–H and O–H groups in total. The van der Waals surface area contributed by atoms with E-state index in [1.54, 1.807) is 0 Å². The second-order valence-corrected chi connectivity index (χ2v) is 16.4. The van der Waals surface area contributed by atoms with E-state index in [2.05, 4.69) is 231 Å². The molecule has 0 aliphatic carbocycles. The Morgan fingerprint density at radius 1 is 0.250 bits per heavy atom. The second kappa shape index (κ2) is 13.3. The number of para-hydroxylation sites is 8. The molecule has 0 aliphatic heterocycles. The molecule has 0 atom stereocenters. The van der Waals surface area contributed by atoms with Gasteiger partial charge in [-0.2, -0.15) is 15.0 Å². The summed E-state index contributed by atoms with van der Waals surface area (Å²) in [5, 5.41) is 9.39. The van der Waals surface area contributed by atoms with Crippen molar-refractivity contribution in [3.8, 4) is 34.7 Å². The van der Waals surface area contributed by atoms with Crippen molar-refractivity contribution in [3.05, 3.63) is 212 Å². The Hall–Kier alpha value is -8.81. The van der Waals surface area contributed by atoms with Gasteiger partial charge in [-0.3, -0.25) is 9.13 Å². The minimum atomic E-state index is 0.548. The second-order valence-electron chi connectivity index (χ2n) is 16.4.